The third-order valence-corrected chi connectivity index (χ3v) is 3.95. The third kappa shape index (κ3) is 2.75. The van der Waals surface area contributed by atoms with Gasteiger partial charge in [-0.1, -0.05) is 19.1 Å². The van der Waals surface area contributed by atoms with E-state index in [1.807, 2.05) is 19.1 Å². The molecule has 1 aromatic carbocycles. The molecule has 0 fully saturated rings. The predicted octanol–water partition coefficient (Wildman–Crippen LogP) is 3.24. The van der Waals surface area contributed by atoms with Crippen LogP contribution in [0.25, 0.3) is 0 Å². The van der Waals surface area contributed by atoms with Crippen LogP contribution in [0.1, 0.15) is 44.2 Å². The molecule has 0 saturated heterocycles. The molecule has 0 spiro atoms. The molecule has 1 atom stereocenters. The van der Waals surface area contributed by atoms with Gasteiger partial charge in [-0.3, -0.25) is 4.79 Å². The van der Waals surface area contributed by atoms with Gasteiger partial charge in [0.05, 0.1) is 20.1 Å². The van der Waals surface area contributed by atoms with Crippen LogP contribution in [0.2, 0.25) is 0 Å². The minimum Gasteiger partial charge on any atom is -0.496 e. The quantitative estimate of drug-likeness (QED) is 0.781. The van der Waals surface area contributed by atoms with Crippen molar-refractivity contribution in [1.29, 1.82) is 0 Å². The minimum absolute atomic E-state index is 0.122. The van der Waals surface area contributed by atoms with Crippen LogP contribution < -0.4 is 4.74 Å². The van der Waals surface area contributed by atoms with E-state index in [4.69, 9.17) is 9.47 Å². The first kappa shape index (κ1) is 13.9. The lowest BCUT2D eigenvalue weighted by Crippen LogP contribution is -2.31. The van der Waals surface area contributed by atoms with Crippen LogP contribution in [0.4, 0.5) is 0 Å². The molecule has 0 bridgehead atoms. The number of fused-ring (bicyclic) bond motifs is 1. The van der Waals surface area contributed by atoms with E-state index in [1.165, 1.54) is 11.1 Å². The highest BCUT2D eigenvalue weighted by Gasteiger charge is 2.37. The van der Waals surface area contributed by atoms with Gasteiger partial charge in [0.1, 0.15) is 5.75 Å². The number of hydrogen-bond donors (Lipinski definition) is 0. The Labute approximate surface area is 114 Å². The van der Waals surface area contributed by atoms with Gasteiger partial charge in [0.2, 0.25) is 0 Å². The first-order valence-corrected chi connectivity index (χ1v) is 6.92. The summed E-state index contributed by atoms with van der Waals surface area (Å²) in [5.41, 5.74) is 2.32. The second-order valence-corrected chi connectivity index (χ2v) is 5.39. The topological polar surface area (TPSA) is 35.5 Å². The van der Waals surface area contributed by atoms with Crippen molar-refractivity contribution in [2.24, 2.45) is 0 Å². The average molecular weight is 262 g/mol. The molecule has 0 N–H and O–H groups in total. The molecular formula is C16H22O3. The molecule has 1 aromatic rings. The molecule has 0 saturated carbocycles. The van der Waals surface area contributed by atoms with Gasteiger partial charge in [-0.2, -0.15) is 0 Å². The summed E-state index contributed by atoms with van der Waals surface area (Å²) in [5.74, 6) is 0.771. The van der Waals surface area contributed by atoms with Crippen molar-refractivity contribution >= 4 is 5.97 Å². The summed E-state index contributed by atoms with van der Waals surface area (Å²) in [4.78, 5) is 11.9. The van der Waals surface area contributed by atoms with Crippen molar-refractivity contribution in [2.75, 3.05) is 13.7 Å². The molecule has 0 aromatic heterocycles. The smallest absolute Gasteiger partial charge is 0.306 e. The highest BCUT2D eigenvalue weighted by Crippen LogP contribution is 2.44. The third-order valence-electron chi connectivity index (χ3n) is 3.95. The fraction of sp³-hybridized carbons (Fsp3) is 0.562. The van der Waals surface area contributed by atoms with Crippen molar-refractivity contribution < 1.29 is 14.3 Å². The summed E-state index contributed by atoms with van der Waals surface area (Å²) >= 11 is 0. The maximum atomic E-state index is 11.9. The summed E-state index contributed by atoms with van der Waals surface area (Å²) in [6, 6.07) is 6.14. The number of carbonyl (C=O) groups is 1. The number of benzene rings is 1. The zero-order chi connectivity index (χ0) is 13.9. The van der Waals surface area contributed by atoms with Crippen molar-refractivity contribution in [3.63, 3.8) is 0 Å². The fourth-order valence-corrected chi connectivity index (χ4v) is 3.14. The van der Waals surface area contributed by atoms with Gasteiger partial charge < -0.3 is 9.47 Å². The predicted molar refractivity (Wildman–Crippen MR) is 74.5 cm³/mol. The highest BCUT2D eigenvalue weighted by molar-refractivity contribution is 5.72. The second kappa shape index (κ2) is 5.64. The van der Waals surface area contributed by atoms with Crippen molar-refractivity contribution in [3.8, 4) is 5.75 Å². The Morgan fingerprint density at radius 2 is 2.21 bits per heavy atom. The lowest BCUT2D eigenvalue weighted by atomic mass is 9.69. The van der Waals surface area contributed by atoms with E-state index >= 15 is 0 Å². The zero-order valence-electron chi connectivity index (χ0n) is 12.0. The van der Waals surface area contributed by atoms with Crippen molar-refractivity contribution in [3.05, 3.63) is 29.3 Å². The van der Waals surface area contributed by atoms with Crippen LogP contribution >= 0.6 is 0 Å². The SMILES string of the molecule is CCOC(=O)CC1(C)CCCc2cccc(OC)c21. The first-order valence-electron chi connectivity index (χ1n) is 6.92. The molecule has 1 aliphatic rings. The van der Waals surface area contributed by atoms with Crippen LogP contribution in [0.15, 0.2) is 18.2 Å². The maximum absolute atomic E-state index is 11.9. The van der Waals surface area contributed by atoms with Crippen LogP contribution in [0, 0.1) is 0 Å². The molecule has 19 heavy (non-hydrogen) atoms. The molecule has 1 aliphatic carbocycles. The van der Waals surface area contributed by atoms with E-state index in [-0.39, 0.29) is 11.4 Å². The summed E-state index contributed by atoms with van der Waals surface area (Å²) < 4.78 is 10.6. The van der Waals surface area contributed by atoms with Gasteiger partial charge in [0, 0.05) is 11.0 Å². The minimum atomic E-state index is -0.174. The number of rotatable bonds is 4. The summed E-state index contributed by atoms with van der Waals surface area (Å²) in [6.45, 7) is 4.42. The van der Waals surface area contributed by atoms with E-state index in [0.717, 1.165) is 25.0 Å². The molecule has 104 valence electrons. The molecule has 0 heterocycles. The monoisotopic (exact) mass is 262 g/mol. The molecule has 1 unspecified atom stereocenters. The van der Waals surface area contributed by atoms with Gasteiger partial charge in [-0.15, -0.1) is 0 Å². The Morgan fingerprint density at radius 1 is 1.42 bits per heavy atom. The van der Waals surface area contributed by atoms with E-state index in [9.17, 15) is 4.79 Å². The number of carbonyl (C=O) groups excluding carboxylic acids is 1. The molecule has 0 radical (unpaired) electrons. The molecule has 3 heteroatoms. The lowest BCUT2D eigenvalue weighted by molar-refractivity contribution is -0.144. The largest absolute Gasteiger partial charge is 0.496 e. The molecule has 0 aliphatic heterocycles. The number of ether oxygens (including phenoxy) is 2. The fourth-order valence-electron chi connectivity index (χ4n) is 3.14. The Hall–Kier alpha value is -1.51. The molecular weight excluding hydrogens is 240 g/mol. The molecule has 0 amide bonds. The van der Waals surface area contributed by atoms with E-state index in [1.54, 1.807) is 7.11 Å². The summed E-state index contributed by atoms with van der Waals surface area (Å²) in [5, 5.41) is 0. The van der Waals surface area contributed by atoms with Gasteiger partial charge >= 0.3 is 5.97 Å². The Kier molecular flexibility index (Phi) is 4.13. The first-order chi connectivity index (χ1) is 9.10. The number of aryl methyl sites for hydroxylation is 1. The van der Waals surface area contributed by atoms with Gasteiger partial charge in [-0.25, -0.2) is 0 Å². The van der Waals surface area contributed by atoms with Crippen LogP contribution in [-0.4, -0.2) is 19.7 Å². The van der Waals surface area contributed by atoms with Crippen molar-refractivity contribution in [1.82, 2.24) is 0 Å². The Bertz CT molecular complexity index is 453. The zero-order valence-corrected chi connectivity index (χ0v) is 12.0. The lowest BCUT2D eigenvalue weighted by Gasteiger charge is -2.36. The number of esters is 1. The van der Waals surface area contributed by atoms with Crippen molar-refractivity contribution in [2.45, 2.75) is 44.9 Å². The van der Waals surface area contributed by atoms with Crippen LogP contribution in [0.5, 0.6) is 5.75 Å². The number of hydrogen-bond acceptors (Lipinski definition) is 3. The average Bonchev–Trinajstić information content (AvgIpc) is 2.38. The Balaban J connectivity index is 2.37. The maximum Gasteiger partial charge on any atom is 0.306 e. The van der Waals surface area contributed by atoms with Gasteiger partial charge in [-0.05, 0) is 37.8 Å². The summed E-state index contributed by atoms with van der Waals surface area (Å²) in [7, 11) is 1.69. The standard InChI is InChI=1S/C16H22O3/c1-4-19-14(17)11-16(2)10-6-8-12-7-5-9-13(18-3)15(12)16/h5,7,9H,4,6,8,10-11H2,1-3H3. The highest BCUT2D eigenvalue weighted by atomic mass is 16.5. The van der Waals surface area contributed by atoms with E-state index in [0.29, 0.717) is 13.0 Å². The second-order valence-electron chi connectivity index (χ2n) is 5.39. The molecule has 2 rings (SSSR count). The van der Waals surface area contributed by atoms with E-state index < -0.39 is 0 Å². The summed E-state index contributed by atoms with van der Waals surface area (Å²) in [6.07, 6.45) is 3.59. The van der Waals surface area contributed by atoms with E-state index in [2.05, 4.69) is 13.0 Å². The van der Waals surface area contributed by atoms with Gasteiger partial charge in [0.25, 0.3) is 0 Å². The van der Waals surface area contributed by atoms with Gasteiger partial charge in [0.15, 0.2) is 0 Å². The number of methoxy groups -OCH3 is 1. The molecule has 3 nitrogen and oxygen atoms in total. The van der Waals surface area contributed by atoms with Crippen LogP contribution in [0.3, 0.4) is 0 Å². The Morgan fingerprint density at radius 3 is 2.89 bits per heavy atom. The van der Waals surface area contributed by atoms with Crippen LogP contribution in [-0.2, 0) is 21.4 Å². The normalized spacial score (nSPS) is 21.6.